The largest absolute Gasteiger partial charge is 0.513 e. The van der Waals surface area contributed by atoms with E-state index in [0.29, 0.717) is 0 Å². The maximum absolute atomic E-state index is 13.0. The monoisotopic (exact) mass is 638 g/mol. The topological polar surface area (TPSA) is 176 Å². The second kappa shape index (κ2) is 17.4. The van der Waals surface area contributed by atoms with E-state index in [9.17, 15) is 28.8 Å². The second-order valence-corrected chi connectivity index (χ2v) is 8.97. The summed E-state index contributed by atoms with van der Waals surface area (Å²) in [7, 11) is 0. The van der Waals surface area contributed by atoms with Gasteiger partial charge in [0.15, 0.2) is 6.10 Å². The summed E-state index contributed by atoms with van der Waals surface area (Å²) in [6, 6.07) is 16.6. The molecule has 0 radical (unpaired) electrons. The molecule has 242 valence electrons. The molecule has 46 heavy (non-hydrogen) atoms. The number of hydrogen-bond donors (Lipinski definition) is 0. The average Bonchev–Trinajstić information content (AvgIpc) is 3.02. The van der Waals surface area contributed by atoms with E-state index in [4.69, 9.17) is 37.9 Å². The highest BCUT2D eigenvalue weighted by molar-refractivity contribution is 5.91. The Labute approximate surface area is 263 Å². The van der Waals surface area contributed by atoms with Gasteiger partial charge in [-0.3, -0.25) is 4.79 Å². The maximum Gasteiger partial charge on any atom is 0.513 e. The molecule has 14 nitrogen and oxygen atoms in total. The fourth-order valence-electron chi connectivity index (χ4n) is 3.55. The van der Waals surface area contributed by atoms with Crippen molar-refractivity contribution in [1.29, 1.82) is 0 Å². The average molecular weight is 639 g/mol. The van der Waals surface area contributed by atoms with Crippen molar-refractivity contribution in [1.82, 2.24) is 0 Å². The van der Waals surface area contributed by atoms with Gasteiger partial charge in [0.05, 0.1) is 29.9 Å². The summed E-state index contributed by atoms with van der Waals surface area (Å²) >= 11 is 0. The predicted octanol–water partition coefficient (Wildman–Crippen LogP) is 4.92. The Morgan fingerprint density at radius 3 is 1.33 bits per heavy atom. The molecule has 0 aromatic heterocycles. The summed E-state index contributed by atoms with van der Waals surface area (Å²) in [6.07, 6.45) is -3.23. The molecule has 0 fully saturated rings. The highest BCUT2D eigenvalue weighted by atomic mass is 16.7. The van der Waals surface area contributed by atoms with Gasteiger partial charge < -0.3 is 37.9 Å². The van der Waals surface area contributed by atoms with Crippen molar-refractivity contribution < 1.29 is 66.7 Å². The van der Waals surface area contributed by atoms with E-state index < -0.39 is 55.5 Å². The van der Waals surface area contributed by atoms with Crippen molar-refractivity contribution in [3.8, 4) is 17.2 Å². The summed E-state index contributed by atoms with van der Waals surface area (Å²) < 4.78 is 40.5. The number of rotatable bonds is 13. The van der Waals surface area contributed by atoms with Crippen LogP contribution in [0.3, 0.4) is 0 Å². The molecule has 0 unspecified atom stereocenters. The van der Waals surface area contributed by atoms with E-state index in [1.54, 1.807) is 13.8 Å². The quantitative estimate of drug-likeness (QED) is 0.107. The van der Waals surface area contributed by atoms with Crippen molar-refractivity contribution in [2.45, 2.75) is 26.9 Å². The van der Waals surface area contributed by atoms with Crippen molar-refractivity contribution in [3.05, 3.63) is 89.5 Å². The number of hydrogen-bond acceptors (Lipinski definition) is 14. The third-order valence-electron chi connectivity index (χ3n) is 5.47. The molecule has 0 atom stereocenters. The molecule has 14 heteroatoms. The van der Waals surface area contributed by atoms with Crippen LogP contribution in [0.2, 0.25) is 0 Å². The maximum atomic E-state index is 13.0. The molecule has 0 heterocycles. The first-order valence-electron chi connectivity index (χ1n) is 13.8. The Kier molecular flexibility index (Phi) is 13.1. The summed E-state index contributed by atoms with van der Waals surface area (Å²) in [5.74, 6) is -3.12. The lowest BCUT2D eigenvalue weighted by Crippen LogP contribution is -2.31. The van der Waals surface area contributed by atoms with Crippen LogP contribution in [0.4, 0.5) is 9.59 Å². The van der Waals surface area contributed by atoms with Crippen LogP contribution in [0, 0.1) is 0 Å². The molecule has 3 rings (SSSR count). The minimum atomic E-state index is -1.31. The van der Waals surface area contributed by atoms with E-state index in [0.717, 1.165) is 0 Å². The summed E-state index contributed by atoms with van der Waals surface area (Å²) in [5.41, 5.74) is -0.0123. The highest BCUT2D eigenvalue weighted by Gasteiger charge is 2.23. The van der Waals surface area contributed by atoms with E-state index in [-0.39, 0.29) is 47.2 Å². The van der Waals surface area contributed by atoms with Gasteiger partial charge in [0.1, 0.15) is 30.5 Å². The van der Waals surface area contributed by atoms with Crippen LogP contribution in [0.5, 0.6) is 17.2 Å². The third kappa shape index (κ3) is 11.3. The summed E-state index contributed by atoms with van der Waals surface area (Å²) in [5, 5.41) is 0. The number of carbonyl (C=O) groups excluding carboxylic acids is 6. The second-order valence-electron chi connectivity index (χ2n) is 8.97. The predicted molar refractivity (Wildman–Crippen MR) is 156 cm³/mol. The fourth-order valence-corrected chi connectivity index (χ4v) is 3.55. The minimum Gasteiger partial charge on any atom is -0.458 e. The molecule has 0 saturated heterocycles. The number of benzene rings is 3. The summed E-state index contributed by atoms with van der Waals surface area (Å²) in [4.78, 5) is 73.1. The highest BCUT2D eigenvalue weighted by Crippen LogP contribution is 2.19. The molecular weight excluding hydrogens is 608 g/mol. The van der Waals surface area contributed by atoms with Crippen LogP contribution in [0.15, 0.2) is 72.8 Å². The fraction of sp³-hybridized carbons (Fsp3) is 0.250. The van der Waals surface area contributed by atoms with E-state index in [1.807, 2.05) is 0 Å². The Bertz CT molecular complexity index is 1480. The van der Waals surface area contributed by atoms with Crippen molar-refractivity contribution in [2.24, 2.45) is 0 Å². The summed E-state index contributed by atoms with van der Waals surface area (Å²) in [6.45, 7) is 3.46. The number of ether oxygens (including phenoxy) is 8. The number of carbonyl (C=O) groups is 6. The lowest BCUT2D eigenvalue weighted by Gasteiger charge is -2.18. The standard InChI is InChI=1S/C32H30O14/c1-4-39-31(37)45-25-13-6-9-21(15-25)28(34)41-18-27(44-30(36)23-11-8-12-24(17-23)43-20(3)33)19-42-29(35)22-10-7-14-26(16-22)46-32(38)40-5-2/h6-17,27H,4-5,18-19H2,1-3H3. The van der Waals surface area contributed by atoms with Crippen LogP contribution >= 0.6 is 0 Å². The van der Waals surface area contributed by atoms with Crippen LogP contribution < -0.4 is 14.2 Å². The number of esters is 4. The molecule has 0 aliphatic heterocycles. The molecule has 0 amide bonds. The van der Waals surface area contributed by atoms with Gasteiger partial charge in [0.2, 0.25) is 0 Å². The lowest BCUT2D eigenvalue weighted by molar-refractivity contribution is -0.131. The van der Waals surface area contributed by atoms with Crippen LogP contribution in [-0.2, 0) is 28.5 Å². The SMILES string of the molecule is CCOC(=O)Oc1cccc(C(=O)OCC(COC(=O)c2cccc(OC(=O)OCC)c2)OC(=O)c2cccc(OC(C)=O)c2)c1. The lowest BCUT2D eigenvalue weighted by atomic mass is 10.2. The van der Waals surface area contributed by atoms with Gasteiger partial charge in [-0.25, -0.2) is 24.0 Å². The molecule has 0 bridgehead atoms. The van der Waals surface area contributed by atoms with Gasteiger partial charge >= 0.3 is 36.2 Å². The Hall–Kier alpha value is -5.92. The Morgan fingerprint density at radius 1 is 0.543 bits per heavy atom. The zero-order chi connectivity index (χ0) is 33.5. The Morgan fingerprint density at radius 2 is 0.935 bits per heavy atom. The van der Waals surface area contributed by atoms with Crippen molar-refractivity contribution >= 4 is 36.2 Å². The third-order valence-corrected chi connectivity index (χ3v) is 5.47. The Balaban J connectivity index is 1.73. The molecule has 0 aliphatic carbocycles. The van der Waals surface area contributed by atoms with E-state index in [2.05, 4.69) is 0 Å². The first-order valence-corrected chi connectivity index (χ1v) is 13.8. The van der Waals surface area contributed by atoms with Crippen LogP contribution in [0.25, 0.3) is 0 Å². The van der Waals surface area contributed by atoms with E-state index >= 15 is 0 Å². The molecule has 0 N–H and O–H groups in total. The van der Waals surface area contributed by atoms with Gasteiger partial charge in [-0.15, -0.1) is 0 Å². The molecular formula is C32H30O14. The first kappa shape index (κ1) is 34.6. The van der Waals surface area contributed by atoms with Gasteiger partial charge in [-0.1, -0.05) is 18.2 Å². The van der Waals surface area contributed by atoms with E-state index in [1.165, 1.54) is 79.7 Å². The van der Waals surface area contributed by atoms with Gasteiger partial charge in [0.25, 0.3) is 0 Å². The molecule has 0 saturated carbocycles. The first-order chi connectivity index (χ1) is 22.1. The molecule has 3 aromatic rings. The van der Waals surface area contributed by atoms with Gasteiger partial charge in [-0.05, 0) is 68.4 Å². The zero-order valence-electron chi connectivity index (χ0n) is 25.0. The van der Waals surface area contributed by atoms with Crippen molar-refractivity contribution in [3.63, 3.8) is 0 Å². The van der Waals surface area contributed by atoms with Gasteiger partial charge in [0, 0.05) is 6.92 Å². The molecule has 3 aromatic carbocycles. The molecule has 0 aliphatic rings. The normalized spacial score (nSPS) is 10.3. The van der Waals surface area contributed by atoms with Crippen molar-refractivity contribution in [2.75, 3.05) is 26.4 Å². The van der Waals surface area contributed by atoms with Gasteiger partial charge in [-0.2, -0.15) is 0 Å². The minimum absolute atomic E-state index is 0.00336. The van der Waals surface area contributed by atoms with Crippen LogP contribution in [0.1, 0.15) is 51.8 Å². The molecule has 0 spiro atoms. The smallest absolute Gasteiger partial charge is 0.458 e. The van der Waals surface area contributed by atoms with Crippen LogP contribution in [-0.4, -0.2) is 68.7 Å². The zero-order valence-corrected chi connectivity index (χ0v) is 25.0.